The average Bonchev–Trinajstić information content (AvgIpc) is 2.86. The van der Waals surface area contributed by atoms with Crippen LogP contribution in [0.15, 0.2) is 0 Å². The molecule has 2 aliphatic heterocycles. The molecule has 16 heavy (non-hydrogen) atoms. The van der Waals surface area contributed by atoms with Gasteiger partial charge in [-0.25, -0.2) is 0 Å². The van der Waals surface area contributed by atoms with Gasteiger partial charge in [0.05, 0.1) is 18.2 Å². The predicted octanol–water partition coefficient (Wildman–Crippen LogP) is 0.461. The van der Waals surface area contributed by atoms with Gasteiger partial charge in [0.2, 0.25) is 0 Å². The fraction of sp³-hybridized carbons (Fsp3) is 1.00. The fourth-order valence-electron chi connectivity index (χ4n) is 3.19. The van der Waals surface area contributed by atoms with E-state index < -0.39 is 0 Å². The van der Waals surface area contributed by atoms with Crippen molar-refractivity contribution in [1.82, 2.24) is 4.90 Å². The van der Waals surface area contributed by atoms with E-state index in [1.165, 1.54) is 6.42 Å². The zero-order valence-corrected chi connectivity index (χ0v) is 10.4. The van der Waals surface area contributed by atoms with Gasteiger partial charge in [0.1, 0.15) is 0 Å². The van der Waals surface area contributed by atoms with Crippen molar-refractivity contribution in [3.63, 3.8) is 0 Å². The highest BCUT2D eigenvalue weighted by Crippen LogP contribution is 2.35. The lowest BCUT2D eigenvalue weighted by atomic mass is 9.90. The van der Waals surface area contributed by atoms with Crippen LogP contribution in [0.2, 0.25) is 0 Å². The Labute approximate surface area is 98.1 Å². The minimum atomic E-state index is 0.0858. The lowest BCUT2D eigenvalue weighted by Gasteiger charge is -2.40. The van der Waals surface area contributed by atoms with Gasteiger partial charge >= 0.3 is 0 Å². The SMILES string of the molecule is COCC1CCN(C2(CN)CCOC2C)C1. The molecule has 2 heterocycles. The lowest BCUT2D eigenvalue weighted by molar-refractivity contribution is 0.0229. The van der Waals surface area contributed by atoms with Crippen molar-refractivity contribution in [2.24, 2.45) is 11.7 Å². The van der Waals surface area contributed by atoms with Gasteiger partial charge in [-0.05, 0) is 32.2 Å². The van der Waals surface area contributed by atoms with E-state index >= 15 is 0 Å². The first-order valence-electron chi connectivity index (χ1n) is 6.28. The van der Waals surface area contributed by atoms with E-state index in [4.69, 9.17) is 15.2 Å². The zero-order valence-electron chi connectivity index (χ0n) is 10.4. The number of hydrogen-bond acceptors (Lipinski definition) is 4. The molecule has 0 aliphatic carbocycles. The molecule has 0 amide bonds. The van der Waals surface area contributed by atoms with Crippen LogP contribution in [-0.4, -0.2) is 56.5 Å². The molecule has 4 nitrogen and oxygen atoms in total. The molecule has 2 N–H and O–H groups in total. The molecule has 0 aromatic carbocycles. The van der Waals surface area contributed by atoms with Gasteiger partial charge in [0.15, 0.2) is 0 Å². The fourth-order valence-corrected chi connectivity index (χ4v) is 3.19. The second-order valence-electron chi connectivity index (χ2n) is 5.13. The summed E-state index contributed by atoms with van der Waals surface area (Å²) in [6, 6.07) is 0. The summed E-state index contributed by atoms with van der Waals surface area (Å²) in [5.74, 6) is 0.668. The maximum atomic E-state index is 6.01. The number of likely N-dealkylation sites (tertiary alicyclic amines) is 1. The monoisotopic (exact) mass is 228 g/mol. The molecular weight excluding hydrogens is 204 g/mol. The van der Waals surface area contributed by atoms with Crippen molar-refractivity contribution in [3.05, 3.63) is 0 Å². The van der Waals surface area contributed by atoms with Gasteiger partial charge in [-0.3, -0.25) is 4.90 Å². The summed E-state index contributed by atoms with van der Waals surface area (Å²) in [6.07, 6.45) is 2.56. The van der Waals surface area contributed by atoms with E-state index in [1.807, 2.05) is 0 Å². The number of methoxy groups -OCH3 is 1. The molecule has 0 radical (unpaired) electrons. The van der Waals surface area contributed by atoms with Gasteiger partial charge < -0.3 is 15.2 Å². The van der Waals surface area contributed by atoms with Crippen LogP contribution in [0.3, 0.4) is 0 Å². The normalized spacial score (nSPS) is 40.7. The largest absolute Gasteiger partial charge is 0.384 e. The second-order valence-corrected chi connectivity index (χ2v) is 5.13. The molecule has 0 aromatic rings. The third-order valence-corrected chi connectivity index (χ3v) is 4.33. The van der Waals surface area contributed by atoms with Crippen molar-refractivity contribution >= 4 is 0 Å². The first-order chi connectivity index (χ1) is 7.73. The van der Waals surface area contributed by atoms with E-state index in [0.717, 1.165) is 32.7 Å². The topological polar surface area (TPSA) is 47.7 Å². The van der Waals surface area contributed by atoms with Gasteiger partial charge in [-0.2, -0.15) is 0 Å². The molecule has 0 spiro atoms. The summed E-state index contributed by atoms with van der Waals surface area (Å²) in [5.41, 5.74) is 6.09. The first kappa shape index (κ1) is 12.3. The summed E-state index contributed by atoms with van der Waals surface area (Å²) >= 11 is 0. The van der Waals surface area contributed by atoms with Crippen LogP contribution in [-0.2, 0) is 9.47 Å². The molecule has 0 aromatic heterocycles. The summed E-state index contributed by atoms with van der Waals surface area (Å²) in [6.45, 7) is 6.82. The molecular formula is C12H24N2O2. The highest BCUT2D eigenvalue weighted by molar-refractivity contribution is 5.02. The maximum absolute atomic E-state index is 6.01. The Kier molecular flexibility index (Phi) is 3.85. The lowest BCUT2D eigenvalue weighted by Crippen LogP contribution is -2.57. The summed E-state index contributed by atoms with van der Waals surface area (Å²) in [5, 5.41) is 0. The Balaban J connectivity index is 2.01. The second kappa shape index (κ2) is 5.00. The molecule has 0 saturated carbocycles. The van der Waals surface area contributed by atoms with Gasteiger partial charge in [0, 0.05) is 26.8 Å². The van der Waals surface area contributed by atoms with Crippen LogP contribution in [0, 0.1) is 5.92 Å². The standard InChI is InChI=1S/C12H24N2O2/c1-10-12(9-13,4-6-16-10)14-5-3-11(7-14)8-15-2/h10-11H,3-9,13H2,1-2H3. The van der Waals surface area contributed by atoms with Crippen LogP contribution < -0.4 is 5.73 Å². The number of nitrogens with two attached hydrogens (primary N) is 1. The first-order valence-corrected chi connectivity index (χ1v) is 6.28. The van der Waals surface area contributed by atoms with Crippen LogP contribution in [0.25, 0.3) is 0 Å². The quantitative estimate of drug-likeness (QED) is 0.759. The van der Waals surface area contributed by atoms with Crippen LogP contribution in [0.1, 0.15) is 19.8 Å². The third-order valence-electron chi connectivity index (χ3n) is 4.33. The third kappa shape index (κ3) is 1.99. The van der Waals surface area contributed by atoms with Gasteiger partial charge in [-0.1, -0.05) is 0 Å². The van der Waals surface area contributed by atoms with E-state index in [1.54, 1.807) is 7.11 Å². The minimum absolute atomic E-state index is 0.0858. The van der Waals surface area contributed by atoms with Crippen molar-refractivity contribution in [2.45, 2.75) is 31.4 Å². The molecule has 2 saturated heterocycles. The Morgan fingerprint density at radius 3 is 2.94 bits per heavy atom. The molecule has 3 atom stereocenters. The number of ether oxygens (including phenoxy) is 2. The highest BCUT2D eigenvalue weighted by Gasteiger charge is 2.47. The number of hydrogen-bond donors (Lipinski definition) is 1. The minimum Gasteiger partial charge on any atom is -0.384 e. The number of nitrogens with zero attached hydrogens (tertiary/aromatic N) is 1. The van der Waals surface area contributed by atoms with Crippen LogP contribution in [0.4, 0.5) is 0 Å². The maximum Gasteiger partial charge on any atom is 0.0743 e. The predicted molar refractivity (Wildman–Crippen MR) is 63.4 cm³/mol. The van der Waals surface area contributed by atoms with E-state index in [2.05, 4.69) is 11.8 Å². The van der Waals surface area contributed by atoms with Crippen LogP contribution >= 0.6 is 0 Å². The summed E-state index contributed by atoms with van der Waals surface area (Å²) < 4.78 is 11.0. The summed E-state index contributed by atoms with van der Waals surface area (Å²) in [7, 11) is 1.78. The molecule has 0 bridgehead atoms. The van der Waals surface area contributed by atoms with Gasteiger partial charge in [0.25, 0.3) is 0 Å². The zero-order chi connectivity index (χ0) is 11.6. The average molecular weight is 228 g/mol. The Hall–Kier alpha value is -0.160. The van der Waals surface area contributed by atoms with Crippen molar-refractivity contribution in [3.8, 4) is 0 Å². The van der Waals surface area contributed by atoms with E-state index in [9.17, 15) is 0 Å². The van der Waals surface area contributed by atoms with E-state index in [-0.39, 0.29) is 11.6 Å². The Bertz CT molecular complexity index is 237. The Morgan fingerprint density at radius 1 is 1.56 bits per heavy atom. The Morgan fingerprint density at radius 2 is 2.38 bits per heavy atom. The van der Waals surface area contributed by atoms with Crippen molar-refractivity contribution in [1.29, 1.82) is 0 Å². The number of rotatable bonds is 4. The summed E-state index contributed by atoms with van der Waals surface area (Å²) in [4.78, 5) is 2.54. The molecule has 2 fully saturated rings. The van der Waals surface area contributed by atoms with Gasteiger partial charge in [-0.15, -0.1) is 0 Å². The molecule has 2 aliphatic rings. The molecule has 3 unspecified atom stereocenters. The molecule has 4 heteroatoms. The van der Waals surface area contributed by atoms with E-state index in [0.29, 0.717) is 12.5 Å². The highest BCUT2D eigenvalue weighted by atomic mass is 16.5. The van der Waals surface area contributed by atoms with Crippen LogP contribution in [0.5, 0.6) is 0 Å². The molecule has 2 rings (SSSR count). The van der Waals surface area contributed by atoms with Crippen molar-refractivity contribution < 1.29 is 9.47 Å². The smallest absolute Gasteiger partial charge is 0.0743 e. The van der Waals surface area contributed by atoms with Crippen molar-refractivity contribution in [2.75, 3.05) is 40.0 Å². The molecule has 94 valence electrons.